The van der Waals surface area contributed by atoms with E-state index in [2.05, 4.69) is 25.9 Å². The van der Waals surface area contributed by atoms with Gasteiger partial charge >= 0.3 is 12.4 Å². The summed E-state index contributed by atoms with van der Waals surface area (Å²) in [6.45, 7) is 0. The standard InChI is InChI=1S/C20H13BrF7N3O4S/c1-34-18-15(31-36(32,33)9-19(23,24)25)4-10(8-29-18)17-14(22)2-3-16(30-17)35-13-6-11(20(26,27)28)5-12(21)7-13/h2-8,31H,9H2,1H3. The summed E-state index contributed by atoms with van der Waals surface area (Å²) < 4.78 is 127. The maximum absolute atomic E-state index is 14.5. The van der Waals surface area contributed by atoms with E-state index in [4.69, 9.17) is 9.47 Å². The summed E-state index contributed by atoms with van der Waals surface area (Å²) in [5, 5.41) is 0. The van der Waals surface area contributed by atoms with Crippen LogP contribution >= 0.6 is 15.9 Å². The minimum atomic E-state index is -5.04. The second-order valence-electron chi connectivity index (χ2n) is 7.01. The zero-order valence-corrected chi connectivity index (χ0v) is 20.1. The van der Waals surface area contributed by atoms with Crippen molar-refractivity contribution in [1.82, 2.24) is 9.97 Å². The van der Waals surface area contributed by atoms with Crippen LogP contribution in [-0.2, 0) is 16.2 Å². The monoisotopic (exact) mass is 603 g/mol. The summed E-state index contributed by atoms with van der Waals surface area (Å²) in [5.74, 6) is -4.20. The second kappa shape index (κ2) is 10.1. The molecule has 0 aliphatic rings. The molecule has 0 saturated heterocycles. The molecule has 0 fully saturated rings. The zero-order valence-electron chi connectivity index (χ0n) is 17.7. The SMILES string of the molecule is COc1ncc(-c2nc(Oc3cc(Br)cc(C(F)(F)F)c3)ccc2F)cc1NS(=O)(=O)CC(F)(F)F. The first-order chi connectivity index (χ1) is 16.6. The quantitative estimate of drug-likeness (QED) is 0.325. The van der Waals surface area contributed by atoms with Crippen molar-refractivity contribution in [3.63, 3.8) is 0 Å². The number of pyridine rings is 2. The van der Waals surface area contributed by atoms with Gasteiger partial charge in [0.15, 0.2) is 5.75 Å². The average Bonchev–Trinajstić information content (AvgIpc) is 2.72. The molecule has 2 aromatic heterocycles. The predicted octanol–water partition coefficient (Wildman–Crippen LogP) is 6.17. The highest BCUT2D eigenvalue weighted by Gasteiger charge is 2.36. The molecule has 36 heavy (non-hydrogen) atoms. The predicted molar refractivity (Wildman–Crippen MR) is 117 cm³/mol. The fourth-order valence-electron chi connectivity index (χ4n) is 2.83. The molecule has 2 heterocycles. The number of rotatable bonds is 7. The normalized spacial score (nSPS) is 12.4. The Hall–Kier alpha value is -3.14. The molecular weight excluding hydrogens is 591 g/mol. The van der Waals surface area contributed by atoms with E-state index in [1.807, 2.05) is 0 Å². The molecule has 0 bridgehead atoms. The average molecular weight is 604 g/mol. The van der Waals surface area contributed by atoms with Gasteiger partial charge in [0.25, 0.3) is 0 Å². The van der Waals surface area contributed by atoms with E-state index >= 15 is 0 Å². The lowest BCUT2D eigenvalue weighted by Gasteiger charge is -2.14. The van der Waals surface area contributed by atoms with Crippen LogP contribution in [0, 0.1) is 5.82 Å². The van der Waals surface area contributed by atoms with E-state index in [1.165, 1.54) is 6.07 Å². The summed E-state index contributed by atoms with van der Waals surface area (Å²) in [5.41, 5.74) is -2.24. The zero-order chi connectivity index (χ0) is 26.9. The van der Waals surface area contributed by atoms with Gasteiger partial charge in [-0.1, -0.05) is 15.9 Å². The molecule has 0 atom stereocenters. The van der Waals surface area contributed by atoms with Gasteiger partial charge in [0.05, 0.1) is 12.7 Å². The topological polar surface area (TPSA) is 90.4 Å². The van der Waals surface area contributed by atoms with Crippen molar-refractivity contribution in [2.75, 3.05) is 17.6 Å². The molecule has 194 valence electrons. The van der Waals surface area contributed by atoms with Crippen molar-refractivity contribution in [1.29, 1.82) is 0 Å². The summed E-state index contributed by atoms with van der Waals surface area (Å²) >= 11 is 2.94. The Morgan fingerprint density at radius 1 is 1.06 bits per heavy atom. The fourth-order valence-corrected chi connectivity index (χ4v) is 4.28. The number of alkyl halides is 6. The first-order valence-electron chi connectivity index (χ1n) is 9.40. The molecule has 3 rings (SSSR count). The Morgan fingerprint density at radius 2 is 1.75 bits per heavy atom. The van der Waals surface area contributed by atoms with Crippen molar-refractivity contribution in [2.24, 2.45) is 0 Å². The molecule has 0 radical (unpaired) electrons. The summed E-state index contributed by atoms with van der Waals surface area (Å²) in [4.78, 5) is 7.63. The van der Waals surface area contributed by atoms with Gasteiger partial charge in [-0.3, -0.25) is 4.72 Å². The van der Waals surface area contributed by atoms with Crippen molar-refractivity contribution in [2.45, 2.75) is 12.4 Å². The smallest absolute Gasteiger partial charge is 0.416 e. The van der Waals surface area contributed by atoms with Gasteiger partial charge in [-0.15, -0.1) is 0 Å². The second-order valence-corrected chi connectivity index (χ2v) is 9.65. The molecule has 1 aromatic carbocycles. The van der Waals surface area contributed by atoms with Crippen molar-refractivity contribution in [3.8, 4) is 28.8 Å². The van der Waals surface area contributed by atoms with Crippen LogP contribution < -0.4 is 14.2 Å². The molecular formula is C20H13BrF7N3O4S. The first kappa shape index (κ1) is 27.4. The highest BCUT2D eigenvalue weighted by Crippen LogP contribution is 2.36. The number of nitrogens with zero attached hydrogens (tertiary/aromatic N) is 2. The Balaban J connectivity index is 1.98. The van der Waals surface area contributed by atoms with E-state index in [0.717, 1.165) is 37.6 Å². The van der Waals surface area contributed by atoms with Gasteiger partial charge in [0, 0.05) is 22.3 Å². The van der Waals surface area contributed by atoms with Crippen molar-refractivity contribution in [3.05, 3.63) is 58.4 Å². The third-order valence-electron chi connectivity index (χ3n) is 4.18. The van der Waals surface area contributed by atoms with E-state index in [9.17, 15) is 39.2 Å². The van der Waals surface area contributed by atoms with E-state index < -0.39 is 56.8 Å². The number of aromatic nitrogens is 2. The minimum absolute atomic E-state index is 0.0461. The first-order valence-corrected chi connectivity index (χ1v) is 11.8. The number of hydrogen-bond acceptors (Lipinski definition) is 6. The van der Waals surface area contributed by atoms with Crippen LogP contribution in [0.15, 0.2) is 47.1 Å². The molecule has 0 aliphatic heterocycles. The lowest BCUT2D eigenvalue weighted by Crippen LogP contribution is -2.28. The molecule has 7 nitrogen and oxygen atoms in total. The Kier molecular flexibility index (Phi) is 7.69. The Labute approximate surface area is 207 Å². The van der Waals surface area contributed by atoms with Crippen LogP contribution in [0.2, 0.25) is 0 Å². The van der Waals surface area contributed by atoms with Crippen LogP contribution in [-0.4, -0.2) is 37.4 Å². The fraction of sp³-hybridized carbons (Fsp3) is 0.200. The lowest BCUT2D eigenvalue weighted by molar-refractivity contribution is -0.137. The van der Waals surface area contributed by atoms with E-state index in [1.54, 1.807) is 4.72 Å². The molecule has 16 heteroatoms. The summed E-state index contributed by atoms with van der Waals surface area (Å²) in [6, 6.07) is 5.55. The van der Waals surface area contributed by atoms with Gasteiger partial charge in [-0.2, -0.15) is 26.3 Å². The molecule has 0 saturated carbocycles. The molecule has 0 amide bonds. The molecule has 3 aromatic rings. The summed E-state index contributed by atoms with van der Waals surface area (Å²) in [6.07, 6.45) is -8.72. The Bertz CT molecular complexity index is 1380. The minimum Gasteiger partial charge on any atom is -0.480 e. The third kappa shape index (κ3) is 7.19. The highest BCUT2D eigenvalue weighted by atomic mass is 79.9. The molecule has 0 unspecified atom stereocenters. The van der Waals surface area contributed by atoms with Gasteiger partial charge in [-0.25, -0.2) is 22.8 Å². The number of halogens is 8. The number of benzene rings is 1. The van der Waals surface area contributed by atoms with Crippen LogP contribution in [0.25, 0.3) is 11.3 Å². The maximum Gasteiger partial charge on any atom is 0.416 e. The maximum atomic E-state index is 14.5. The van der Waals surface area contributed by atoms with Gasteiger partial charge < -0.3 is 9.47 Å². The Morgan fingerprint density at radius 3 is 2.36 bits per heavy atom. The lowest BCUT2D eigenvalue weighted by atomic mass is 10.1. The summed E-state index contributed by atoms with van der Waals surface area (Å²) in [7, 11) is -3.86. The molecule has 1 N–H and O–H groups in total. The number of methoxy groups -OCH3 is 1. The highest BCUT2D eigenvalue weighted by molar-refractivity contribution is 9.10. The van der Waals surface area contributed by atoms with E-state index in [0.29, 0.717) is 6.07 Å². The van der Waals surface area contributed by atoms with Crippen LogP contribution in [0.3, 0.4) is 0 Å². The number of sulfonamides is 1. The number of ether oxygens (including phenoxy) is 2. The molecule has 0 aliphatic carbocycles. The molecule has 0 spiro atoms. The largest absolute Gasteiger partial charge is 0.480 e. The van der Waals surface area contributed by atoms with E-state index in [-0.39, 0.29) is 21.7 Å². The van der Waals surface area contributed by atoms with Crippen LogP contribution in [0.4, 0.5) is 36.4 Å². The number of nitrogens with one attached hydrogen (secondary N) is 1. The van der Waals surface area contributed by atoms with Gasteiger partial charge in [0.2, 0.25) is 21.8 Å². The third-order valence-corrected chi connectivity index (χ3v) is 5.87. The number of hydrogen-bond donors (Lipinski definition) is 1. The van der Waals surface area contributed by atoms with Crippen LogP contribution in [0.5, 0.6) is 17.5 Å². The van der Waals surface area contributed by atoms with Gasteiger partial charge in [-0.05, 0) is 30.3 Å². The van der Waals surface area contributed by atoms with Crippen molar-refractivity contribution < 1.29 is 48.6 Å². The van der Waals surface area contributed by atoms with Crippen molar-refractivity contribution >= 4 is 31.6 Å². The van der Waals surface area contributed by atoms with Gasteiger partial charge in [0.1, 0.15) is 22.9 Å². The van der Waals surface area contributed by atoms with Crippen LogP contribution in [0.1, 0.15) is 5.56 Å². The number of anilines is 1.